The third-order valence-corrected chi connectivity index (χ3v) is 1.52. The molecule has 1 aromatic rings. The van der Waals surface area contributed by atoms with Crippen LogP contribution < -0.4 is 0 Å². The average Bonchev–Trinajstić information content (AvgIpc) is 2.46. The topological polar surface area (TPSA) is 44.1 Å². The van der Waals surface area contributed by atoms with Gasteiger partial charge in [-0.2, -0.15) is 13.9 Å². The summed E-state index contributed by atoms with van der Waals surface area (Å²) >= 11 is 0. The third kappa shape index (κ3) is 1.82. The Morgan fingerprint density at radius 1 is 1.69 bits per heavy atom. The lowest BCUT2D eigenvalue weighted by Gasteiger charge is -1.95. The van der Waals surface area contributed by atoms with Gasteiger partial charge >= 0.3 is 12.5 Å². The van der Waals surface area contributed by atoms with Gasteiger partial charge in [0.05, 0.1) is 12.8 Å². The number of nitrogens with zero attached hydrogens (tertiary/aromatic N) is 2. The number of hydrogen-bond acceptors (Lipinski definition) is 3. The minimum atomic E-state index is -2.74. The van der Waals surface area contributed by atoms with Crippen LogP contribution >= 0.6 is 0 Å². The summed E-state index contributed by atoms with van der Waals surface area (Å²) < 4.78 is 28.9. The average molecular weight is 190 g/mol. The second kappa shape index (κ2) is 3.51. The fourth-order valence-electron chi connectivity index (χ4n) is 0.892. The smallest absolute Gasteiger partial charge is 0.341 e. The summed E-state index contributed by atoms with van der Waals surface area (Å²) in [6.45, 7) is -1.28. The van der Waals surface area contributed by atoms with E-state index in [2.05, 4.69) is 9.84 Å². The van der Waals surface area contributed by atoms with Crippen molar-refractivity contribution in [3.8, 4) is 0 Å². The SMILES string of the molecule is COC(=O)c1cn(C(F)F)nc1C. The number of carbonyl (C=O) groups is 1. The monoisotopic (exact) mass is 190 g/mol. The number of alkyl halides is 2. The van der Waals surface area contributed by atoms with Gasteiger partial charge in [0.15, 0.2) is 0 Å². The van der Waals surface area contributed by atoms with E-state index >= 15 is 0 Å². The maximum atomic E-state index is 12.1. The summed E-state index contributed by atoms with van der Waals surface area (Å²) in [4.78, 5) is 10.9. The molecule has 0 atom stereocenters. The molecule has 0 saturated carbocycles. The normalized spacial score (nSPS) is 10.5. The van der Waals surface area contributed by atoms with Crippen molar-refractivity contribution in [2.75, 3.05) is 7.11 Å². The van der Waals surface area contributed by atoms with Gasteiger partial charge < -0.3 is 4.74 Å². The highest BCUT2D eigenvalue weighted by molar-refractivity contribution is 5.90. The molecule has 0 radical (unpaired) electrons. The van der Waals surface area contributed by atoms with Crippen LogP contribution in [0, 0.1) is 6.92 Å². The number of aryl methyl sites for hydroxylation is 1. The highest BCUT2D eigenvalue weighted by Gasteiger charge is 2.16. The first kappa shape index (κ1) is 9.63. The summed E-state index contributed by atoms with van der Waals surface area (Å²) in [5.41, 5.74) is 0.287. The Bertz CT molecular complexity index is 322. The van der Waals surface area contributed by atoms with Crippen molar-refractivity contribution in [2.45, 2.75) is 13.5 Å². The maximum Gasteiger partial charge on any atom is 0.341 e. The number of aromatic nitrogens is 2. The van der Waals surface area contributed by atoms with E-state index in [9.17, 15) is 13.6 Å². The van der Waals surface area contributed by atoms with Crippen LogP contribution in [0.2, 0.25) is 0 Å². The molecule has 1 aromatic heterocycles. The summed E-state index contributed by atoms with van der Waals surface area (Å²) in [6, 6.07) is 0. The molecule has 1 heterocycles. The molecule has 0 spiro atoms. The number of carbonyl (C=O) groups excluding carboxylic acids is 1. The quantitative estimate of drug-likeness (QED) is 0.661. The Labute approximate surface area is 73.1 Å². The molecule has 0 aliphatic heterocycles. The summed E-state index contributed by atoms with van der Waals surface area (Å²) in [5, 5.41) is 3.44. The molecule has 0 fully saturated rings. The molecule has 0 N–H and O–H groups in total. The zero-order valence-corrected chi connectivity index (χ0v) is 7.12. The van der Waals surface area contributed by atoms with E-state index in [4.69, 9.17) is 0 Å². The van der Waals surface area contributed by atoms with Crippen LogP contribution in [0.5, 0.6) is 0 Å². The van der Waals surface area contributed by atoms with E-state index in [-0.39, 0.29) is 11.3 Å². The second-order valence-corrected chi connectivity index (χ2v) is 2.38. The van der Waals surface area contributed by atoms with Crippen LogP contribution in [0.1, 0.15) is 22.6 Å². The Morgan fingerprint density at radius 3 is 2.69 bits per heavy atom. The molecular weight excluding hydrogens is 182 g/mol. The molecule has 0 saturated heterocycles. The molecule has 0 bridgehead atoms. The van der Waals surface area contributed by atoms with Crippen LogP contribution in [-0.4, -0.2) is 22.9 Å². The molecule has 0 aliphatic rings. The van der Waals surface area contributed by atoms with E-state index < -0.39 is 12.5 Å². The lowest BCUT2D eigenvalue weighted by Crippen LogP contribution is -2.01. The first-order valence-corrected chi connectivity index (χ1v) is 3.48. The number of halogens is 2. The highest BCUT2D eigenvalue weighted by atomic mass is 19.3. The van der Waals surface area contributed by atoms with E-state index in [1.165, 1.54) is 14.0 Å². The minimum absolute atomic E-state index is 0.0581. The zero-order chi connectivity index (χ0) is 10.0. The number of ether oxygens (including phenoxy) is 1. The van der Waals surface area contributed by atoms with E-state index in [0.717, 1.165) is 6.20 Å². The van der Waals surface area contributed by atoms with Gasteiger partial charge in [-0.15, -0.1) is 0 Å². The van der Waals surface area contributed by atoms with Gasteiger partial charge in [0, 0.05) is 6.20 Å². The van der Waals surface area contributed by atoms with Crippen molar-refractivity contribution < 1.29 is 18.3 Å². The fourth-order valence-corrected chi connectivity index (χ4v) is 0.892. The molecule has 13 heavy (non-hydrogen) atoms. The molecule has 4 nitrogen and oxygen atoms in total. The highest BCUT2D eigenvalue weighted by Crippen LogP contribution is 2.13. The maximum absolute atomic E-state index is 12.1. The molecular formula is C7H8F2N2O2. The Balaban J connectivity index is 3.03. The standard InChI is InChI=1S/C7H8F2N2O2/c1-4-5(6(12)13-2)3-11(10-4)7(8)9/h3,7H,1-2H3. The Kier molecular flexibility index (Phi) is 2.60. The third-order valence-electron chi connectivity index (χ3n) is 1.52. The van der Waals surface area contributed by atoms with Crippen LogP contribution in [0.3, 0.4) is 0 Å². The number of methoxy groups -OCH3 is 1. The van der Waals surface area contributed by atoms with Gasteiger partial charge in [-0.3, -0.25) is 0 Å². The van der Waals surface area contributed by atoms with E-state index in [0.29, 0.717) is 4.68 Å². The van der Waals surface area contributed by atoms with Crippen LogP contribution in [-0.2, 0) is 4.74 Å². The molecule has 0 aromatic carbocycles. The summed E-state index contributed by atoms with van der Waals surface area (Å²) in [6.07, 6.45) is 0.964. The zero-order valence-electron chi connectivity index (χ0n) is 7.12. The summed E-state index contributed by atoms with van der Waals surface area (Å²) in [7, 11) is 1.18. The first-order chi connectivity index (χ1) is 6.06. The van der Waals surface area contributed by atoms with Crippen LogP contribution in [0.25, 0.3) is 0 Å². The van der Waals surface area contributed by atoms with Crippen LogP contribution in [0.15, 0.2) is 6.20 Å². The van der Waals surface area contributed by atoms with Crippen molar-refractivity contribution in [1.82, 2.24) is 9.78 Å². The van der Waals surface area contributed by atoms with Crippen molar-refractivity contribution >= 4 is 5.97 Å². The predicted octanol–water partition coefficient (Wildman–Crippen LogP) is 1.37. The molecule has 0 unspecified atom stereocenters. The lowest BCUT2D eigenvalue weighted by atomic mass is 10.3. The molecule has 6 heteroatoms. The van der Waals surface area contributed by atoms with Gasteiger partial charge in [-0.05, 0) is 6.92 Å². The van der Waals surface area contributed by atoms with E-state index in [1.54, 1.807) is 0 Å². The first-order valence-electron chi connectivity index (χ1n) is 3.48. The van der Waals surface area contributed by atoms with Gasteiger partial charge in [-0.25, -0.2) is 9.48 Å². The largest absolute Gasteiger partial charge is 0.465 e. The lowest BCUT2D eigenvalue weighted by molar-refractivity contribution is 0.0554. The number of hydrogen-bond donors (Lipinski definition) is 0. The molecule has 0 aliphatic carbocycles. The van der Waals surface area contributed by atoms with Gasteiger partial charge in [0.2, 0.25) is 0 Å². The van der Waals surface area contributed by atoms with Gasteiger partial charge in [-0.1, -0.05) is 0 Å². The van der Waals surface area contributed by atoms with Gasteiger partial charge in [0.25, 0.3) is 0 Å². The second-order valence-electron chi connectivity index (χ2n) is 2.38. The molecule has 0 amide bonds. The Morgan fingerprint density at radius 2 is 2.31 bits per heavy atom. The summed E-state index contributed by atoms with van der Waals surface area (Å²) in [5.74, 6) is -0.663. The van der Waals surface area contributed by atoms with Crippen molar-refractivity contribution in [3.63, 3.8) is 0 Å². The minimum Gasteiger partial charge on any atom is -0.465 e. The van der Waals surface area contributed by atoms with Crippen molar-refractivity contribution in [3.05, 3.63) is 17.5 Å². The van der Waals surface area contributed by atoms with Crippen molar-refractivity contribution in [1.29, 1.82) is 0 Å². The van der Waals surface area contributed by atoms with E-state index in [1.807, 2.05) is 0 Å². The van der Waals surface area contributed by atoms with Crippen molar-refractivity contribution in [2.24, 2.45) is 0 Å². The Hall–Kier alpha value is -1.46. The predicted molar refractivity (Wildman–Crippen MR) is 39.6 cm³/mol. The van der Waals surface area contributed by atoms with Crippen LogP contribution in [0.4, 0.5) is 8.78 Å². The number of esters is 1. The molecule has 1 rings (SSSR count). The number of rotatable bonds is 2. The fraction of sp³-hybridized carbons (Fsp3) is 0.429. The van der Waals surface area contributed by atoms with Gasteiger partial charge in [0.1, 0.15) is 5.56 Å². The molecule has 72 valence electrons.